The second kappa shape index (κ2) is 13.5. The summed E-state index contributed by atoms with van der Waals surface area (Å²) in [5.74, 6) is -1.24. The second-order valence-electron chi connectivity index (χ2n) is 10.6. The number of amides is 3. The molecule has 3 amide bonds. The van der Waals surface area contributed by atoms with Crippen LogP contribution in [0.3, 0.4) is 0 Å². The maximum absolute atomic E-state index is 14.4. The first-order valence-electron chi connectivity index (χ1n) is 13.9. The van der Waals surface area contributed by atoms with Crippen LogP contribution in [0.4, 0.5) is 4.79 Å². The number of piperazine rings is 1. The molecule has 238 valence electrons. The van der Waals surface area contributed by atoms with Crippen molar-refractivity contribution in [2.24, 2.45) is 0 Å². The smallest absolute Gasteiger partial charge is 0.408 e. The van der Waals surface area contributed by atoms with Gasteiger partial charge in [0.2, 0.25) is 21.8 Å². The lowest BCUT2D eigenvalue weighted by molar-refractivity contribution is -0.170. The van der Waals surface area contributed by atoms with Gasteiger partial charge in [0.05, 0.1) is 18.2 Å². The topological polar surface area (TPSA) is 139 Å². The summed E-state index contributed by atoms with van der Waals surface area (Å²) >= 11 is 18.5. The zero-order valence-corrected chi connectivity index (χ0v) is 26.8. The third-order valence-corrected chi connectivity index (χ3v) is 10.7. The Morgan fingerprint density at radius 2 is 1.56 bits per heavy atom. The molecule has 3 atom stereocenters. The quantitative estimate of drug-likeness (QED) is 0.347. The number of halogens is 3. The number of benzene rings is 3. The first kappa shape index (κ1) is 33.0. The van der Waals surface area contributed by atoms with Crippen molar-refractivity contribution in [1.29, 1.82) is 0 Å². The van der Waals surface area contributed by atoms with Crippen molar-refractivity contribution in [3.63, 3.8) is 0 Å². The molecule has 2 fully saturated rings. The van der Waals surface area contributed by atoms with Gasteiger partial charge in [-0.05, 0) is 41.5 Å². The molecule has 2 aliphatic heterocycles. The van der Waals surface area contributed by atoms with Crippen LogP contribution in [0.15, 0.2) is 77.7 Å². The minimum absolute atomic E-state index is 0.0196. The molecule has 3 unspecified atom stereocenters. The Hall–Kier alpha value is -3.39. The molecule has 11 nitrogen and oxygen atoms in total. The normalized spacial score (nSPS) is 20.7. The molecule has 2 saturated heterocycles. The Kier molecular flexibility index (Phi) is 9.92. The van der Waals surface area contributed by atoms with E-state index in [2.05, 4.69) is 0 Å². The molecular formula is C30H29Cl3N4O7S. The molecule has 2 N–H and O–H groups in total. The molecule has 0 aromatic heterocycles. The predicted octanol–water partition coefficient (Wildman–Crippen LogP) is 3.80. The van der Waals surface area contributed by atoms with Crippen molar-refractivity contribution in [2.45, 2.75) is 36.1 Å². The van der Waals surface area contributed by atoms with Crippen LogP contribution in [-0.4, -0.2) is 100 Å². The van der Waals surface area contributed by atoms with E-state index in [1.54, 1.807) is 54.6 Å². The first-order valence-corrected chi connectivity index (χ1v) is 16.5. The Balaban J connectivity index is 1.65. The fourth-order valence-corrected chi connectivity index (χ4v) is 8.18. The van der Waals surface area contributed by atoms with Gasteiger partial charge in [0.25, 0.3) is 0 Å². The monoisotopic (exact) mass is 694 g/mol. The second-order valence-corrected chi connectivity index (χ2v) is 13.8. The number of aliphatic hydroxyl groups is 1. The predicted molar refractivity (Wildman–Crippen MR) is 167 cm³/mol. The Bertz CT molecular complexity index is 1700. The maximum Gasteiger partial charge on any atom is 0.408 e. The summed E-state index contributed by atoms with van der Waals surface area (Å²) in [5.41, 5.74) is 1.21. The summed E-state index contributed by atoms with van der Waals surface area (Å²) in [5, 5.41) is 20.5. The van der Waals surface area contributed by atoms with Crippen molar-refractivity contribution >= 4 is 62.7 Å². The Morgan fingerprint density at radius 3 is 2.18 bits per heavy atom. The molecule has 3 aromatic carbocycles. The van der Waals surface area contributed by atoms with E-state index in [1.807, 2.05) is 0 Å². The molecular weight excluding hydrogens is 667 g/mol. The van der Waals surface area contributed by atoms with Gasteiger partial charge in [0.1, 0.15) is 23.1 Å². The molecule has 2 aliphatic rings. The van der Waals surface area contributed by atoms with Gasteiger partial charge in [-0.1, -0.05) is 77.3 Å². The molecule has 15 heteroatoms. The lowest BCUT2D eigenvalue weighted by Gasteiger charge is -2.54. The lowest BCUT2D eigenvalue weighted by atomic mass is 9.96. The number of carboxylic acid groups (broad SMARTS) is 1. The number of nitrogens with zero attached hydrogens (tertiary/aromatic N) is 4. The standard InChI is InChI=1S/C30H29Cl3N4O7S/c31-21-8-6-19(7-9-21)14-24-28(39)34(12-13-38)18-27-36(45(43,44)26-11-10-22(32)15-23(26)33)17-25(29(40)37(24)27)35(30(41)42)16-20-4-2-1-3-5-20/h1-11,15,24-25,27,38H,12-14,16-18H2,(H,41,42). The van der Waals surface area contributed by atoms with E-state index in [9.17, 15) is 33.0 Å². The van der Waals surface area contributed by atoms with Gasteiger partial charge in [-0.3, -0.25) is 14.5 Å². The Labute approximate surface area is 275 Å². The van der Waals surface area contributed by atoms with Crippen molar-refractivity contribution in [1.82, 2.24) is 19.0 Å². The molecule has 3 aromatic rings. The van der Waals surface area contributed by atoms with E-state index in [1.165, 1.54) is 28.0 Å². The van der Waals surface area contributed by atoms with Gasteiger partial charge in [0.15, 0.2) is 0 Å². The molecule has 0 aliphatic carbocycles. The molecule has 0 radical (unpaired) electrons. The van der Waals surface area contributed by atoms with Crippen LogP contribution in [0.1, 0.15) is 11.1 Å². The largest absolute Gasteiger partial charge is 0.465 e. The summed E-state index contributed by atoms with van der Waals surface area (Å²) in [6.07, 6.45) is -2.70. The minimum atomic E-state index is -4.51. The number of β-amino-alcohol motifs (C(OH)–C–C–N with tert-alkyl or cyclic N) is 1. The summed E-state index contributed by atoms with van der Waals surface area (Å²) in [7, 11) is -4.51. The Morgan fingerprint density at radius 1 is 0.889 bits per heavy atom. The van der Waals surface area contributed by atoms with Gasteiger partial charge in [-0.2, -0.15) is 4.31 Å². The van der Waals surface area contributed by atoms with Crippen LogP contribution < -0.4 is 0 Å². The number of carbonyl (C=O) groups excluding carboxylic acids is 2. The third kappa shape index (κ3) is 6.76. The fourth-order valence-electron chi connectivity index (χ4n) is 5.73. The molecule has 45 heavy (non-hydrogen) atoms. The van der Waals surface area contributed by atoms with Gasteiger partial charge in [-0.25, -0.2) is 13.2 Å². The highest BCUT2D eigenvalue weighted by molar-refractivity contribution is 7.89. The SMILES string of the molecule is O=C1C(Cc2ccc(Cl)cc2)N2C(=O)C(N(Cc3ccccc3)C(=O)O)CN(S(=O)(=O)c3ccc(Cl)cc3Cl)C2CN1CCO. The van der Waals surface area contributed by atoms with Crippen molar-refractivity contribution in [3.05, 3.63) is 99.0 Å². The van der Waals surface area contributed by atoms with E-state index in [4.69, 9.17) is 34.8 Å². The fraction of sp³-hybridized carbons (Fsp3) is 0.300. The van der Waals surface area contributed by atoms with Gasteiger partial charge in [-0.15, -0.1) is 0 Å². The van der Waals surface area contributed by atoms with Crippen LogP contribution in [-0.2, 0) is 32.6 Å². The molecule has 0 bridgehead atoms. The zero-order valence-electron chi connectivity index (χ0n) is 23.7. The average molecular weight is 696 g/mol. The summed E-state index contributed by atoms with van der Waals surface area (Å²) in [6, 6.07) is 16.3. The number of hydrogen-bond acceptors (Lipinski definition) is 6. The van der Waals surface area contributed by atoms with Gasteiger partial charge in [0, 0.05) is 36.1 Å². The van der Waals surface area contributed by atoms with Crippen molar-refractivity contribution < 1.29 is 33.0 Å². The van der Waals surface area contributed by atoms with Crippen molar-refractivity contribution in [3.8, 4) is 0 Å². The maximum atomic E-state index is 14.4. The number of sulfonamides is 1. The summed E-state index contributed by atoms with van der Waals surface area (Å²) in [6.45, 7) is -1.53. The third-order valence-electron chi connectivity index (χ3n) is 7.87. The van der Waals surface area contributed by atoms with Gasteiger partial charge >= 0.3 is 6.09 Å². The highest BCUT2D eigenvalue weighted by Crippen LogP contribution is 2.36. The number of rotatable bonds is 9. The number of hydrogen-bond donors (Lipinski definition) is 2. The van der Waals surface area contributed by atoms with Crippen LogP contribution in [0.25, 0.3) is 0 Å². The van der Waals surface area contributed by atoms with E-state index in [-0.39, 0.29) is 41.0 Å². The lowest BCUT2D eigenvalue weighted by Crippen LogP contribution is -2.76. The minimum Gasteiger partial charge on any atom is -0.465 e. The number of fused-ring (bicyclic) bond motifs is 1. The van der Waals surface area contributed by atoms with Crippen LogP contribution >= 0.6 is 34.8 Å². The van der Waals surface area contributed by atoms with Crippen molar-refractivity contribution in [2.75, 3.05) is 26.2 Å². The van der Waals surface area contributed by atoms with E-state index < -0.39 is 59.3 Å². The summed E-state index contributed by atoms with van der Waals surface area (Å²) in [4.78, 5) is 44.0. The number of carbonyl (C=O) groups is 3. The molecule has 2 heterocycles. The van der Waals surface area contributed by atoms with E-state index in [0.29, 0.717) is 16.1 Å². The van der Waals surface area contributed by atoms with E-state index >= 15 is 0 Å². The van der Waals surface area contributed by atoms with Crippen LogP contribution in [0.2, 0.25) is 15.1 Å². The first-order chi connectivity index (χ1) is 21.4. The zero-order chi connectivity index (χ0) is 32.5. The van der Waals surface area contributed by atoms with Crippen LogP contribution in [0.5, 0.6) is 0 Å². The number of aliphatic hydroxyl groups excluding tert-OH is 1. The van der Waals surface area contributed by atoms with Gasteiger partial charge < -0.3 is 20.0 Å². The molecule has 0 saturated carbocycles. The average Bonchev–Trinajstić information content (AvgIpc) is 2.99. The van der Waals surface area contributed by atoms with E-state index in [0.717, 1.165) is 9.21 Å². The highest BCUT2D eigenvalue weighted by atomic mass is 35.5. The van der Waals surface area contributed by atoms with Crippen LogP contribution in [0, 0.1) is 0 Å². The highest BCUT2D eigenvalue weighted by Gasteiger charge is 2.55. The summed E-state index contributed by atoms with van der Waals surface area (Å²) < 4.78 is 29.7. The molecule has 5 rings (SSSR count). The molecule has 0 spiro atoms.